The van der Waals surface area contributed by atoms with E-state index in [0.717, 1.165) is 85.9 Å². The number of methoxy groups -OCH3 is 1. The highest BCUT2D eigenvalue weighted by molar-refractivity contribution is 5.95. The molecule has 1 aromatic heterocycles. The van der Waals surface area contributed by atoms with E-state index in [-0.39, 0.29) is 36.1 Å². The number of hydrogen-bond donors (Lipinski definition) is 2. The number of benzene rings is 1. The van der Waals surface area contributed by atoms with Gasteiger partial charge in [0.05, 0.1) is 35.9 Å². The Morgan fingerprint density at radius 2 is 1.91 bits per heavy atom. The first-order valence-corrected chi connectivity index (χ1v) is 13.2. The fourth-order valence-corrected chi connectivity index (χ4v) is 6.66. The van der Waals surface area contributed by atoms with Crippen molar-refractivity contribution < 1.29 is 24.5 Å². The third-order valence-corrected chi connectivity index (χ3v) is 8.57. The molecule has 8 heteroatoms. The Morgan fingerprint density at radius 1 is 1.11 bits per heavy atom. The molecule has 35 heavy (non-hydrogen) atoms. The van der Waals surface area contributed by atoms with Gasteiger partial charge in [0.1, 0.15) is 5.82 Å². The van der Waals surface area contributed by atoms with Crippen LogP contribution in [0.2, 0.25) is 0 Å². The lowest BCUT2D eigenvalue weighted by molar-refractivity contribution is -0.143. The van der Waals surface area contributed by atoms with Crippen molar-refractivity contribution in [1.82, 2.24) is 9.55 Å². The second kappa shape index (κ2) is 9.80. The number of aliphatic carboxylic acids is 1. The van der Waals surface area contributed by atoms with Crippen LogP contribution < -0.4 is 4.90 Å². The molecule has 1 aliphatic heterocycles. The largest absolute Gasteiger partial charge is 0.481 e. The summed E-state index contributed by atoms with van der Waals surface area (Å²) in [5.41, 5.74) is 3.82. The molecule has 1 unspecified atom stereocenters. The molecular formula is C27H37N3O5. The fourth-order valence-electron chi connectivity index (χ4n) is 6.66. The number of fused-ring (bicyclic) bond motifs is 3. The van der Waals surface area contributed by atoms with E-state index in [9.17, 15) is 19.8 Å². The van der Waals surface area contributed by atoms with Gasteiger partial charge in [-0.3, -0.25) is 9.69 Å². The van der Waals surface area contributed by atoms with E-state index >= 15 is 0 Å². The lowest BCUT2D eigenvalue weighted by Crippen LogP contribution is -2.42. The maximum absolute atomic E-state index is 12.6. The Kier molecular flexibility index (Phi) is 6.75. The van der Waals surface area contributed by atoms with Gasteiger partial charge in [-0.25, -0.2) is 9.78 Å². The summed E-state index contributed by atoms with van der Waals surface area (Å²) in [5, 5.41) is 20.4. The molecule has 3 aliphatic rings. The highest BCUT2D eigenvalue weighted by Crippen LogP contribution is 2.41. The number of ether oxygens (including phenoxy) is 1. The van der Waals surface area contributed by atoms with E-state index in [1.54, 1.807) is 4.90 Å². The van der Waals surface area contributed by atoms with Crippen LogP contribution in [0.15, 0.2) is 12.1 Å². The summed E-state index contributed by atoms with van der Waals surface area (Å²) in [5.74, 6) is 0.0512. The zero-order valence-electron chi connectivity index (χ0n) is 20.8. The molecule has 8 nitrogen and oxygen atoms in total. The standard InChI is InChI=1S/C27H37N3O5/c1-16-10-11-20-21(29(16)27(34)35-2)12-13-22-25(20)28-24(15-17-6-3-4-9-23(17)31)30(22)19-8-5-7-18(14-19)26(32)33/h12-13,16-19,23,31H,3-11,14-15H2,1-2H3,(H,32,33)/t16?,17-,18-,19-,23+/m1/s1. The molecule has 5 atom stereocenters. The van der Waals surface area contributed by atoms with Crippen LogP contribution in [-0.4, -0.2) is 51.1 Å². The Balaban J connectivity index is 1.61. The van der Waals surface area contributed by atoms with Crippen molar-refractivity contribution >= 4 is 28.8 Å². The second-order valence-electron chi connectivity index (χ2n) is 10.7. The van der Waals surface area contributed by atoms with E-state index in [1.165, 1.54) is 7.11 Å². The Morgan fingerprint density at radius 3 is 2.66 bits per heavy atom. The highest BCUT2D eigenvalue weighted by Gasteiger charge is 2.35. The molecule has 5 rings (SSSR count). The van der Waals surface area contributed by atoms with Crippen LogP contribution in [0.5, 0.6) is 0 Å². The SMILES string of the molecule is COC(=O)N1c2ccc3c(nc(C[C@H]4CCCC[C@@H]4O)n3[C@@H]3CCC[C@@H](C(=O)O)C3)c2CCC1C. The first-order valence-electron chi connectivity index (χ1n) is 13.2. The van der Waals surface area contributed by atoms with E-state index < -0.39 is 5.97 Å². The molecule has 2 N–H and O–H groups in total. The number of aliphatic hydroxyl groups excluding tert-OH is 1. The number of hydrogen-bond acceptors (Lipinski definition) is 5. The van der Waals surface area contributed by atoms with Crippen LogP contribution in [0.25, 0.3) is 11.0 Å². The van der Waals surface area contributed by atoms with E-state index in [0.29, 0.717) is 12.8 Å². The number of aliphatic hydroxyl groups is 1. The van der Waals surface area contributed by atoms with Crippen LogP contribution in [0.1, 0.15) is 82.1 Å². The fraction of sp³-hybridized carbons (Fsp3) is 0.667. The van der Waals surface area contributed by atoms with Gasteiger partial charge in [-0.1, -0.05) is 19.3 Å². The molecule has 1 aromatic carbocycles. The molecule has 2 aliphatic carbocycles. The Labute approximate surface area is 206 Å². The molecule has 2 saturated carbocycles. The summed E-state index contributed by atoms with van der Waals surface area (Å²) in [6.07, 6.45) is 8.79. The number of carboxylic acid groups (broad SMARTS) is 1. The molecule has 0 radical (unpaired) electrons. The van der Waals surface area contributed by atoms with Gasteiger partial charge in [0.15, 0.2) is 0 Å². The van der Waals surface area contributed by atoms with Crippen LogP contribution in [-0.2, 0) is 22.4 Å². The molecule has 2 aromatic rings. The van der Waals surface area contributed by atoms with E-state index in [2.05, 4.69) is 4.57 Å². The van der Waals surface area contributed by atoms with Crippen LogP contribution in [0, 0.1) is 11.8 Å². The van der Waals surface area contributed by atoms with Crippen molar-refractivity contribution in [1.29, 1.82) is 0 Å². The number of nitrogens with zero attached hydrogens (tertiary/aromatic N) is 3. The van der Waals surface area contributed by atoms with Gasteiger partial charge in [0.25, 0.3) is 0 Å². The molecule has 0 bridgehead atoms. The highest BCUT2D eigenvalue weighted by atomic mass is 16.5. The number of carboxylic acids is 1. The first kappa shape index (κ1) is 24.1. The lowest BCUT2D eigenvalue weighted by Gasteiger charge is -2.34. The average molecular weight is 484 g/mol. The Bertz CT molecular complexity index is 1110. The predicted octanol–water partition coefficient (Wildman–Crippen LogP) is 4.85. The molecule has 1 amide bonds. The Hall–Kier alpha value is -2.61. The number of anilines is 1. The lowest BCUT2D eigenvalue weighted by atomic mass is 9.83. The molecular weight excluding hydrogens is 446 g/mol. The van der Waals surface area contributed by atoms with Crippen LogP contribution >= 0.6 is 0 Å². The zero-order valence-corrected chi connectivity index (χ0v) is 20.8. The normalized spacial score (nSPS) is 29.1. The number of aromatic nitrogens is 2. The van der Waals surface area contributed by atoms with Gasteiger partial charge in [-0.15, -0.1) is 0 Å². The maximum atomic E-state index is 12.6. The van der Waals surface area contributed by atoms with E-state index in [4.69, 9.17) is 9.72 Å². The van der Waals surface area contributed by atoms with Crippen molar-refractivity contribution in [3.8, 4) is 0 Å². The number of amides is 1. The number of carbonyl (C=O) groups is 2. The number of imidazole rings is 1. The summed E-state index contributed by atoms with van der Waals surface area (Å²) >= 11 is 0. The van der Waals surface area contributed by atoms with Crippen molar-refractivity contribution in [2.75, 3.05) is 12.0 Å². The summed E-state index contributed by atoms with van der Waals surface area (Å²) in [6, 6.07) is 4.16. The summed E-state index contributed by atoms with van der Waals surface area (Å²) in [4.78, 5) is 31.3. The minimum Gasteiger partial charge on any atom is -0.481 e. The third-order valence-electron chi connectivity index (χ3n) is 8.57. The third kappa shape index (κ3) is 4.41. The first-order chi connectivity index (χ1) is 16.9. The topological polar surface area (TPSA) is 105 Å². The van der Waals surface area contributed by atoms with E-state index in [1.807, 2.05) is 19.1 Å². The summed E-state index contributed by atoms with van der Waals surface area (Å²) < 4.78 is 7.36. The molecule has 2 fully saturated rings. The van der Waals surface area contributed by atoms with Crippen LogP contribution in [0.4, 0.5) is 10.5 Å². The quantitative estimate of drug-likeness (QED) is 0.644. The summed E-state index contributed by atoms with van der Waals surface area (Å²) in [7, 11) is 1.41. The minimum absolute atomic E-state index is 0.0426. The second-order valence-corrected chi connectivity index (χ2v) is 10.7. The predicted molar refractivity (Wildman–Crippen MR) is 133 cm³/mol. The van der Waals surface area contributed by atoms with Gasteiger partial charge in [0.2, 0.25) is 0 Å². The number of carbonyl (C=O) groups excluding carboxylic acids is 1. The average Bonchev–Trinajstić information content (AvgIpc) is 3.23. The van der Waals surface area contributed by atoms with Crippen molar-refractivity contribution in [2.24, 2.45) is 11.8 Å². The van der Waals surface area contributed by atoms with Gasteiger partial charge < -0.3 is 19.5 Å². The number of aryl methyl sites for hydroxylation is 1. The molecule has 0 spiro atoms. The van der Waals surface area contributed by atoms with Crippen molar-refractivity contribution in [3.05, 3.63) is 23.5 Å². The van der Waals surface area contributed by atoms with Gasteiger partial charge in [0, 0.05) is 24.1 Å². The smallest absolute Gasteiger partial charge is 0.414 e. The molecule has 0 saturated heterocycles. The molecule has 190 valence electrons. The van der Waals surface area contributed by atoms with Crippen molar-refractivity contribution in [2.45, 2.75) is 95.7 Å². The van der Waals surface area contributed by atoms with Crippen molar-refractivity contribution in [3.63, 3.8) is 0 Å². The van der Waals surface area contributed by atoms with Gasteiger partial charge in [-0.05, 0) is 69.9 Å². The van der Waals surface area contributed by atoms with Crippen LogP contribution in [0.3, 0.4) is 0 Å². The maximum Gasteiger partial charge on any atom is 0.414 e. The summed E-state index contributed by atoms with van der Waals surface area (Å²) in [6.45, 7) is 2.03. The molecule has 2 heterocycles. The number of rotatable bonds is 4. The van der Waals surface area contributed by atoms with Gasteiger partial charge in [-0.2, -0.15) is 0 Å². The monoisotopic (exact) mass is 483 g/mol. The minimum atomic E-state index is -0.719. The van der Waals surface area contributed by atoms with Gasteiger partial charge >= 0.3 is 12.1 Å². The zero-order chi connectivity index (χ0) is 24.7.